The molecule has 0 fully saturated rings. The Bertz CT molecular complexity index is 398. The number of hydrogen-bond acceptors (Lipinski definition) is 1. The summed E-state index contributed by atoms with van der Waals surface area (Å²) in [6.07, 6.45) is 2.28. The first-order chi connectivity index (χ1) is 8.95. The van der Waals surface area contributed by atoms with E-state index in [-0.39, 0.29) is 18.0 Å². The van der Waals surface area contributed by atoms with Crippen LogP contribution in [0, 0.1) is 5.92 Å². The second-order valence-corrected chi connectivity index (χ2v) is 5.64. The molecule has 1 rings (SSSR count). The number of amides is 1. The number of nitrogens with two attached hydrogens (primary N) is 2. The van der Waals surface area contributed by atoms with Crippen LogP contribution in [0.25, 0.3) is 0 Å². The number of quaternary nitrogens is 1. The van der Waals surface area contributed by atoms with Gasteiger partial charge in [0.1, 0.15) is 6.04 Å². The molecule has 1 aromatic carbocycles. The molecule has 2 atom stereocenters. The van der Waals surface area contributed by atoms with E-state index in [4.69, 9.17) is 5.73 Å². The Morgan fingerprint density at radius 2 is 1.79 bits per heavy atom. The average Bonchev–Trinajstić information content (AvgIpc) is 2.36. The van der Waals surface area contributed by atoms with E-state index in [9.17, 15) is 4.79 Å². The number of hydrogen-bond donors (Lipinski definition) is 2. The zero-order chi connectivity index (χ0) is 14.4. The monoisotopic (exact) mass is 263 g/mol. The van der Waals surface area contributed by atoms with Crippen LogP contribution in [0.4, 0.5) is 0 Å². The quantitative estimate of drug-likeness (QED) is 0.774. The van der Waals surface area contributed by atoms with Crippen LogP contribution < -0.4 is 11.1 Å². The number of primary amides is 1. The predicted molar refractivity (Wildman–Crippen MR) is 78.6 cm³/mol. The van der Waals surface area contributed by atoms with Crippen molar-refractivity contribution in [3.8, 4) is 0 Å². The van der Waals surface area contributed by atoms with Gasteiger partial charge < -0.3 is 11.1 Å². The Morgan fingerprint density at radius 1 is 1.21 bits per heavy atom. The van der Waals surface area contributed by atoms with Crippen molar-refractivity contribution in [2.75, 3.05) is 0 Å². The normalized spacial score (nSPS) is 14.4. The van der Waals surface area contributed by atoms with Crippen molar-refractivity contribution in [2.24, 2.45) is 11.7 Å². The molecule has 19 heavy (non-hydrogen) atoms. The van der Waals surface area contributed by atoms with E-state index in [0.717, 1.165) is 12.8 Å². The molecule has 0 heterocycles. The summed E-state index contributed by atoms with van der Waals surface area (Å²) in [6, 6.07) is 8.83. The summed E-state index contributed by atoms with van der Waals surface area (Å²) >= 11 is 0. The first-order valence-corrected chi connectivity index (χ1v) is 7.18. The maximum atomic E-state index is 11.2. The molecule has 0 radical (unpaired) electrons. The second-order valence-electron chi connectivity index (χ2n) is 5.64. The Morgan fingerprint density at radius 3 is 2.21 bits per heavy atom. The highest BCUT2D eigenvalue weighted by Gasteiger charge is 2.24. The van der Waals surface area contributed by atoms with Gasteiger partial charge in [0.2, 0.25) is 0 Å². The lowest BCUT2D eigenvalue weighted by Gasteiger charge is -2.22. The van der Waals surface area contributed by atoms with Crippen molar-refractivity contribution in [1.29, 1.82) is 0 Å². The van der Waals surface area contributed by atoms with Crippen LogP contribution in [0.15, 0.2) is 24.3 Å². The van der Waals surface area contributed by atoms with Gasteiger partial charge in [0.25, 0.3) is 5.91 Å². The number of aryl methyl sites for hydroxylation is 1. The second kappa shape index (κ2) is 7.29. The minimum absolute atomic E-state index is 0.192. The third kappa shape index (κ3) is 4.67. The van der Waals surface area contributed by atoms with E-state index in [1.807, 2.05) is 6.92 Å². The van der Waals surface area contributed by atoms with Crippen LogP contribution in [0.1, 0.15) is 51.3 Å². The van der Waals surface area contributed by atoms with Gasteiger partial charge in [0.05, 0.1) is 0 Å². The Kier molecular flexibility index (Phi) is 6.03. The highest BCUT2D eigenvalue weighted by Crippen LogP contribution is 2.19. The lowest BCUT2D eigenvalue weighted by molar-refractivity contribution is -0.719. The van der Waals surface area contributed by atoms with E-state index >= 15 is 0 Å². The van der Waals surface area contributed by atoms with Gasteiger partial charge in [0.15, 0.2) is 6.04 Å². The maximum absolute atomic E-state index is 11.2. The molecule has 0 unspecified atom stereocenters. The number of carbonyl (C=O) groups is 1. The molecule has 3 heteroatoms. The molecular weight excluding hydrogens is 236 g/mol. The lowest BCUT2D eigenvalue weighted by Crippen LogP contribution is -2.93. The lowest BCUT2D eigenvalue weighted by atomic mass is 9.94. The van der Waals surface area contributed by atoms with E-state index in [1.165, 1.54) is 11.1 Å². The van der Waals surface area contributed by atoms with Crippen LogP contribution in [0.3, 0.4) is 0 Å². The van der Waals surface area contributed by atoms with Crippen molar-refractivity contribution in [1.82, 2.24) is 0 Å². The van der Waals surface area contributed by atoms with Gasteiger partial charge in [-0.3, -0.25) is 4.79 Å². The maximum Gasteiger partial charge on any atom is 0.275 e. The summed E-state index contributed by atoms with van der Waals surface area (Å²) in [4.78, 5) is 11.2. The van der Waals surface area contributed by atoms with Crippen molar-refractivity contribution in [3.05, 3.63) is 35.4 Å². The molecular formula is C16H27N2O+. The van der Waals surface area contributed by atoms with Crippen LogP contribution in [-0.4, -0.2) is 11.9 Å². The largest absolute Gasteiger partial charge is 0.365 e. The van der Waals surface area contributed by atoms with Gasteiger partial charge >= 0.3 is 0 Å². The van der Waals surface area contributed by atoms with Gasteiger partial charge in [-0.1, -0.05) is 51.5 Å². The van der Waals surface area contributed by atoms with E-state index in [2.05, 4.69) is 50.4 Å². The van der Waals surface area contributed by atoms with Crippen molar-refractivity contribution >= 4 is 5.91 Å². The molecule has 0 aromatic heterocycles. The fourth-order valence-corrected chi connectivity index (χ4v) is 2.32. The molecule has 106 valence electrons. The Balaban J connectivity index is 2.84. The van der Waals surface area contributed by atoms with Gasteiger partial charge in [-0.05, 0) is 18.9 Å². The first-order valence-electron chi connectivity index (χ1n) is 7.18. The summed E-state index contributed by atoms with van der Waals surface area (Å²) in [5.41, 5.74) is 7.99. The fraction of sp³-hybridized carbons (Fsp3) is 0.562. The summed E-state index contributed by atoms with van der Waals surface area (Å²) in [7, 11) is 0. The molecule has 0 aliphatic rings. The standard InChI is InChI=1S/C16H26N2O/c1-5-6-13-7-9-14(10-8-13)15(11(2)3)18-12(4)16(17)19/h7-12,15,18H,5-6H2,1-4H3,(H2,17,19)/p+1/t12-,15-/m0/s1. The van der Waals surface area contributed by atoms with Crippen molar-refractivity contribution in [3.63, 3.8) is 0 Å². The molecule has 1 aromatic rings. The van der Waals surface area contributed by atoms with Crippen LogP contribution >= 0.6 is 0 Å². The van der Waals surface area contributed by atoms with E-state index in [0.29, 0.717) is 5.92 Å². The zero-order valence-electron chi connectivity index (χ0n) is 12.5. The first kappa shape index (κ1) is 15.7. The summed E-state index contributed by atoms with van der Waals surface area (Å²) in [5, 5.41) is 2.07. The van der Waals surface area contributed by atoms with Gasteiger partial charge in [-0.15, -0.1) is 0 Å². The molecule has 0 spiro atoms. The molecule has 0 saturated carbocycles. The topological polar surface area (TPSA) is 59.7 Å². The van der Waals surface area contributed by atoms with E-state index in [1.54, 1.807) is 0 Å². The summed E-state index contributed by atoms with van der Waals surface area (Å²) < 4.78 is 0. The zero-order valence-corrected chi connectivity index (χ0v) is 12.5. The van der Waals surface area contributed by atoms with Crippen molar-refractivity contribution < 1.29 is 10.1 Å². The Labute approximate surface area is 116 Å². The van der Waals surface area contributed by atoms with Crippen LogP contribution in [0.2, 0.25) is 0 Å². The van der Waals surface area contributed by atoms with E-state index < -0.39 is 0 Å². The fourth-order valence-electron chi connectivity index (χ4n) is 2.32. The smallest absolute Gasteiger partial charge is 0.275 e. The highest BCUT2D eigenvalue weighted by atomic mass is 16.1. The Hall–Kier alpha value is -1.35. The molecule has 0 bridgehead atoms. The third-order valence-corrected chi connectivity index (χ3v) is 3.57. The highest BCUT2D eigenvalue weighted by molar-refractivity contribution is 5.77. The molecule has 0 aliphatic carbocycles. The average molecular weight is 263 g/mol. The number of benzene rings is 1. The summed E-state index contributed by atoms with van der Waals surface area (Å²) in [5.74, 6) is 0.201. The molecule has 0 aliphatic heterocycles. The van der Waals surface area contributed by atoms with Gasteiger partial charge in [0, 0.05) is 11.5 Å². The van der Waals surface area contributed by atoms with Crippen molar-refractivity contribution in [2.45, 2.75) is 52.6 Å². The SMILES string of the molecule is CCCc1ccc([C@@H]([NH2+][C@@H](C)C(N)=O)C(C)C)cc1. The predicted octanol–water partition coefficient (Wildman–Crippen LogP) is 1.77. The summed E-state index contributed by atoms with van der Waals surface area (Å²) in [6.45, 7) is 8.40. The minimum Gasteiger partial charge on any atom is -0.365 e. The van der Waals surface area contributed by atoms with Gasteiger partial charge in [-0.2, -0.15) is 0 Å². The van der Waals surface area contributed by atoms with Gasteiger partial charge in [-0.25, -0.2) is 0 Å². The molecule has 4 N–H and O–H groups in total. The number of carbonyl (C=O) groups excluding carboxylic acids is 1. The van der Waals surface area contributed by atoms with Crippen LogP contribution in [0.5, 0.6) is 0 Å². The molecule has 0 saturated heterocycles. The molecule has 3 nitrogen and oxygen atoms in total. The minimum atomic E-state index is -0.256. The molecule has 1 amide bonds. The van der Waals surface area contributed by atoms with Crippen LogP contribution in [-0.2, 0) is 11.2 Å². The third-order valence-electron chi connectivity index (χ3n) is 3.57. The number of rotatable bonds is 7.